The number of methoxy groups -OCH3 is 1. The van der Waals surface area contributed by atoms with Gasteiger partial charge in [0.25, 0.3) is 0 Å². The Morgan fingerprint density at radius 2 is 1.86 bits per heavy atom. The number of hydrogen-bond acceptors (Lipinski definition) is 4. The standard InChI is InChI=1S/C21H30N4O2.HI/c1-5-27-20-15-18(11-12-19(20)26-4)24-21(22-2)23-13-14-25(3)16-17-9-7-6-8-10-17;/h6-12,15H,5,13-14,16H2,1-4H3,(H2,22,23,24);1H. The third kappa shape index (κ3) is 7.93. The van der Waals surface area contributed by atoms with E-state index >= 15 is 0 Å². The molecule has 0 saturated carbocycles. The summed E-state index contributed by atoms with van der Waals surface area (Å²) in [6, 6.07) is 16.2. The summed E-state index contributed by atoms with van der Waals surface area (Å²) < 4.78 is 10.9. The Balaban J connectivity index is 0.00000392. The van der Waals surface area contributed by atoms with Gasteiger partial charge in [-0.25, -0.2) is 0 Å². The molecule has 0 aliphatic heterocycles. The fourth-order valence-electron chi connectivity index (χ4n) is 2.68. The van der Waals surface area contributed by atoms with Crippen LogP contribution >= 0.6 is 24.0 Å². The summed E-state index contributed by atoms with van der Waals surface area (Å²) in [5.74, 6) is 2.15. The normalized spacial score (nSPS) is 11.0. The number of likely N-dealkylation sites (N-methyl/N-ethyl adjacent to an activating group) is 1. The van der Waals surface area contributed by atoms with Crippen LogP contribution in [-0.2, 0) is 6.54 Å². The quantitative estimate of drug-likeness (QED) is 0.313. The Bertz CT molecular complexity index is 726. The molecule has 6 nitrogen and oxygen atoms in total. The van der Waals surface area contributed by atoms with Crippen molar-refractivity contribution in [2.45, 2.75) is 13.5 Å². The second-order valence-electron chi connectivity index (χ2n) is 6.15. The van der Waals surface area contributed by atoms with Gasteiger partial charge in [0.1, 0.15) is 0 Å². The highest BCUT2D eigenvalue weighted by molar-refractivity contribution is 14.0. The largest absolute Gasteiger partial charge is 0.493 e. The summed E-state index contributed by atoms with van der Waals surface area (Å²) in [6.07, 6.45) is 0. The average molecular weight is 498 g/mol. The van der Waals surface area contributed by atoms with E-state index in [1.807, 2.05) is 31.2 Å². The lowest BCUT2D eigenvalue weighted by atomic mass is 10.2. The van der Waals surface area contributed by atoms with Gasteiger partial charge in [0, 0.05) is 38.4 Å². The van der Waals surface area contributed by atoms with Crippen LogP contribution in [0.15, 0.2) is 53.5 Å². The molecule has 2 N–H and O–H groups in total. The lowest BCUT2D eigenvalue weighted by Crippen LogP contribution is -2.36. The second-order valence-corrected chi connectivity index (χ2v) is 6.15. The molecule has 0 fully saturated rings. The van der Waals surface area contributed by atoms with Gasteiger partial charge in [-0.05, 0) is 31.7 Å². The van der Waals surface area contributed by atoms with Gasteiger partial charge in [-0.2, -0.15) is 0 Å². The summed E-state index contributed by atoms with van der Waals surface area (Å²) >= 11 is 0. The van der Waals surface area contributed by atoms with E-state index in [2.05, 4.69) is 51.8 Å². The maximum Gasteiger partial charge on any atom is 0.195 e. The van der Waals surface area contributed by atoms with E-state index in [1.54, 1.807) is 14.2 Å². The molecule has 0 aliphatic carbocycles. The van der Waals surface area contributed by atoms with Gasteiger partial charge in [0.15, 0.2) is 17.5 Å². The van der Waals surface area contributed by atoms with Gasteiger partial charge in [0.2, 0.25) is 0 Å². The number of aliphatic imine (C=N–C) groups is 1. The molecular formula is C21H31IN4O2. The van der Waals surface area contributed by atoms with E-state index in [1.165, 1.54) is 5.56 Å². The number of nitrogens with one attached hydrogen (secondary N) is 2. The maximum atomic E-state index is 5.62. The third-order valence-electron chi connectivity index (χ3n) is 4.03. The summed E-state index contributed by atoms with van der Waals surface area (Å²) in [6.45, 7) is 5.15. The summed E-state index contributed by atoms with van der Waals surface area (Å²) in [5.41, 5.74) is 2.20. The van der Waals surface area contributed by atoms with Gasteiger partial charge in [-0.3, -0.25) is 4.99 Å². The number of guanidine groups is 1. The molecule has 0 saturated heterocycles. The Labute approximate surface area is 185 Å². The third-order valence-corrected chi connectivity index (χ3v) is 4.03. The van der Waals surface area contributed by atoms with Crippen molar-refractivity contribution >= 4 is 35.6 Å². The predicted molar refractivity (Wildman–Crippen MR) is 127 cm³/mol. The molecule has 0 aromatic heterocycles. The second kappa shape index (κ2) is 13.2. The molecule has 0 bridgehead atoms. The first-order chi connectivity index (χ1) is 13.2. The minimum absolute atomic E-state index is 0. The van der Waals surface area contributed by atoms with Crippen molar-refractivity contribution in [1.82, 2.24) is 10.2 Å². The number of anilines is 1. The van der Waals surface area contributed by atoms with Gasteiger partial charge in [0.05, 0.1) is 13.7 Å². The molecule has 0 unspecified atom stereocenters. The first kappa shape index (κ1) is 24.0. The highest BCUT2D eigenvalue weighted by Gasteiger charge is 2.07. The number of nitrogens with zero attached hydrogens (tertiary/aromatic N) is 2. The molecule has 0 atom stereocenters. The van der Waals surface area contributed by atoms with Gasteiger partial charge < -0.3 is 25.0 Å². The first-order valence-electron chi connectivity index (χ1n) is 9.17. The van der Waals surface area contributed by atoms with Crippen molar-refractivity contribution in [3.63, 3.8) is 0 Å². The van der Waals surface area contributed by atoms with Crippen LogP contribution in [0.1, 0.15) is 12.5 Å². The van der Waals surface area contributed by atoms with E-state index in [4.69, 9.17) is 9.47 Å². The maximum absolute atomic E-state index is 5.62. The summed E-state index contributed by atoms with van der Waals surface area (Å²) in [7, 11) is 5.51. The van der Waals surface area contributed by atoms with Crippen molar-refractivity contribution < 1.29 is 9.47 Å². The van der Waals surface area contributed by atoms with Gasteiger partial charge >= 0.3 is 0 Å². The van der Waals surface area contributed by atoms with E-state index in [0.29, 0.717) is 18.1 Å². The molecule has 0 heterocycles. The molecule has 154 valence electrons. The zero-order chi connectivity index (χ0) is 19.5. The zero-order valence-corrected chi connectivity index (χ0v) is 19.4. The molecule has 28 heavy (non-hydrogen) atoms. The summed E-state index contributed by atoms with van der Waals surface area (Å²) in [5, 5.41) is 6.63. The predicted octanol–water partition coefficient (Wildman–Crippen LogP) is 3.83. The van der Waals surface area contributed by atoms with Crippen molar-refractivity contribution in [2.75, 3.05) is 46.2 Å². The number of benzene rings is 2. The topological polar surface area (TPSA) is 58.1 Å². The van der Waals surface area contributed by atoms with Crippen LogP contribution in [0.2, 0.25) is 0 Å². The molecule has 2 aromatic carbocycles. The Kier molecular flexibility index (Phi) is 11.4. The van der Waals surface area contributed by atoms with Crippen molar-refractivity contribution in [1.29, 1.82) is 0 Å². The zero-order valence-electron chi connectivity index (χ0n) is 17.1. The molecule has 2 rings (SSSR count). The van der Waals surface area contributed by atoms with Crippen LogP contribution in [0, 0.1) is 0 Å². The minimum atomic E-state index is 0. The lowest BCUT2D eigenvalue weighted by molar-refractivity contribution is 0.311. The monoisotopic (exact) mass is 498 g/mol. The Morgan fingerprint density at radius 3 is 2.50 bits per heavy atom. The molecule has 0 aliphatic rings. The van der Waals surface area contributed by atoms with Crippen molar-refractivity contribution in [2.24, 2.45) is 4.99 Å². The van der Waals surface area contributed by atoms with Crippen molar-refractivity contribution in [3.05, 3.63) is 54.1 Å². The Morgan fingerprint density at radius 1 is 1.11 bits per heavy atom. The smallest absolute Gasteiger partial charge is 0.195 e. The van der Waals surface area contributed by atoms with Gasteiger partial charge in [-0.1, -0.05) is 30.3 Å². The average Bonchev–Trinajstić information content (AvgIpc) is 2.68. The summed E-state index contributed by atoms with van der Waals surface area (Å²) in [4.78, 5) is 6.56. The van der Waals surface area contributed by atoms with Crippen LogP contribution in [0.3, 0.4) is 0 Å². The van der Waals surface area contributed by atoms with E-state index in [0.717, 1.165) is 31.3 Å². The van der Waals surface area contributed by atoms with Crippen LogP contribution in [-0.4, -0.2) is 51.8 Å². The highest BCUT2D eigenvalue weighted by atomic mass is 127. The fraction of sp³-hybridized carbons (Fsp3) is 0.381. The molecule has 7 heteroatoms. The fourth-order valence-corrected chi connectivity index (χ4v) is 2.68. The molecular weight excluding hydrogens is 467 g/mol. The lowest BCUT2D eigenvalue weighted by Gasteiger charge is -2.19. The van der Waals surface area contributed by atoms with Gasteiger partial charge in [-0.15, -0.1) is 24.0 Å². The first-order valence-corrected chi connectivity index (χ1v) is 9.17. The van der Waals surface area contributed by atoms with Crippen LogP contribution in [0.5, 0.6) is 11.5 Å². The van der Waals surface area contributed by atoms with E-state index < -0.39 is 0 Å². The number of hydrogen-bond donors (Lipinski definition) is 2. The molecule has 2 aromatic rings. The number of ether oxygens (including phenoxy) is 2. The van der Waals surface area contributed by atoms with E-state index in [9.17, 15) is 0 Å². The minimum Gasteiger partial charge on any atom is -0.493 e. The van der Waals surface area contributed by atoms with Crippen LogP contribution in [0.25, 0.3) is 0 Å². The van der Waals surface area contributed by atoms with Crippen molar-refractivity contribution in [3.8, 4) is 11.5 Å². The van der Waals surface area contributed by atoms with E-state index in [-0.39, 0.29) is 24.0 Å². The number of rotatable bonds is 9. The van der Waals surface area contributed by atoms with Crippen LogP contribution in [0.4, 0.5) is 5.69 Å². The number of halogens is 1. The highest BCUT2D eigenvalue weighted by Crippen LogP contribution is 2.30. The molecule has 0 amide bonds. The Hall–Kier alpha value is -2.00. The molecule has 0 radical (unpaired) electrons. The molecule has 0 spiro atoms. The SMILES string of the molecule is CCOc1cc(NC(=NC)NCCN(C)Cc2ccccc2)ccc1OC.I. The van der Waals surface area contributed by atoms with Crippen LogP contribution < -0.4 is 20.1 Å².